The highest BCUT2D eigenvalue weighted by Gasteiger charge is 2.13. The van der Waals surface area contributed by atoms with Gasteiger partial charge in [0.15, 0.2) is 0 Å². The number of thiophene rings is 1. The third-order valence-electron chi connectivity index (χ3n) is 4.22. The first kappa shape index (κ1) is 11.8. The zero-order valence-corrected chi connectivity index (χ0v) is 13.2. The summed E-state index contributed by atoms with van der Waals surface area (Å²) in [6.07, 6.45) is 0. The molecule has 0 spiro atoms. The minimum atomic E-state index is 1.27. The first-order chi connectivity index (χ1) is 10.3. The smallest absolute Gasteiger partial charge is 0.318 e. The Morgan fingerprint density at radius 2 is 1.43 bits per heavy atom. The molecule has 0 atom stereocenters. The Hall–Kier alpha value is -1.79. The molecule has 0 saturated carbocycles. The predicted octanol–water partition coefficient (Wildman–Crippen LogP) is 5.09. The number of benzene rings is 3. The molecule has 0 aliphatic carbocycles. The van der Waals surface area contributed by atoms with Gasteiger partial charge in [-0.15, -0.1) is 11.3 Å². The molecule has 0 aliphatic rings. The molecule has 0 saturated heterocycles. The summed E-state index contributed by atoms with van der Waals surface area (Å²) in [6.45, 7) is 0. The highest BCUT2D eigenvalue weighted by atomic mass is 32.1. The molecule has 3 aromatic carbocycles. The summed E-state index contributed by atoms with van der Waals surface area (Å²) >= 11 is 4.76. The van der Waals surface area contributed by atoms with Crippen LogP contribution in [0.2, 0.25) is 0 Å². The van der Waals surface area contributed by atoms with Gasteiger partial charge in [0, 0.05) is 37.3 Å². The fraction of sp³-hybridized carbons (Fsp3) is 0. The lowest BCUT2D eigenvalue weighted by atomic mass is 10.1. The molecular formula is C18H10AlNS. The molecule has 2 heterocycles. The van der Waals surface area contributed by atoms with Gasteiger partial charge in [-0.2, -0.15) is 0 Å². The molecule has 5 aromatic rings. The minimum Gasteiger partial charge on any atom is -0.450 e. The van der Waals surface area contributed by atoms with Crippen LogP contribution >= 0.6 is 11.3 Å². The molecule has 0 N–H and O–H groups in total. The van der Waals surface area contributed by atoms with Gasteiger partial charge in [-0.05, 0) is 12.1 Å². The maximum absolute atomic E-state index is 2.88. The fourth-order valence-corrected chi connectivity index (χ4v) is 5.10. The van der Waals surface area contributed by atoms with Crippen LogP contribution in [0.25, 0.3) is 42.0 Å². The van der Waals surface area contributed by atoms with E-state index in [9.17, 15) is 0 Å². The molecular weight excluding hydrogens is 289 g/mol. The minimum absolute atomic E-state index is 1.27. The molecule has 0 unspecified atom stereocenters. The maximum atomic E-state index is 2.88. The van der Waals surface area contributed by atoms with Gasteiger partial charge in [0.1, 0.15) is 0 Å². The average molecular weight is 299 g/mol. The molecule has 1 nitrogen and oxygen atoms in total. The predicted molar refractivity (Wildman–Crippen MR) is 93.5 cm³/mol. The lowest BCUT2D eigenvalue weighted by Crippen LogP contribution is -1.89. The summed E-state index contributed by atoms with van der Waals surface area (Å²) in [5.74, 6) is 0. The van der Waals surface area contributed by atoms with Crippen LogP contribution in [0.4, 0.5) is 0 Å². The van der Waals surface area contributed by atoms with Crippen LogP contribution in [0.3, 0.4) is 0 Å². The van der Waals surface area contributed by atoms with E-state index in [1.54, 1.807) is 0 Å². The van der Waals surface area contributed by atoms with Crippen LogP contribution < -0.4 is 0 Å². The second-order valence-electron chi connectivity index (χ2n) is 5.32. The van der Waals surface area contributed by atoms with Crippen molar-refractivity contribution in [1.29, 1.82) is 0 Å². The van der Waals surface area contributed by atoms with E-state index >= 15 is 0 Å². The van der Waals surface area contributed by atoms with Gasteiger partial charge in [-0.1, -0.05) is 48.5 Å². The standard InChI is InChI=1S/C18H10NS.Al/c1-3-7-15-11(5-1)13-9-10-14-12-6-2-4-8-16(12)20-18(14)17(13)19-15;/h1-10H;/q-1;+1. The van der Waals surface area contributed by atoms with Crippen LogP contribution in [0, 0.1) is 0 Å². The topological polar surface area (TPSA) is 4.93 Å². The van der Waals surface area contributed by atoms with E-state index in [1.807, 2.05) is 11.3 Å². The first-order valence-corrected chi connectivity index (χ1v) is 8.26. The Bertz CT molecular complexity index is 1150. The lowest BCUT2D eigenvalue weighted by molar-refractivity contribution is 1.41. The van der Waals surface area contributed by atoms with Crippen molar-refractivity contribution in [3.05, 3.63) is 60.7 Å². The Morgan fingerprint density at radius 1 is 0.714 bits per heavy atom. The summed E-state index contributed by atoms with van der Waals surface area (Å²) < 4.78 is 4.98. The van der Waals surface area contributed by atoms with Gasteiger partial charge in [-0.25, -0.2) is 0 Å². The van der Waals surface area contributed by atoms with Gasteiger partial charge >= 0.3 is 16.5 Å². The van der Waals surface area contributed by atoms with Gasteiger partial charge in [0.25, 0.3) is 0 Å². The van der Waals surface area contributed by atoms with Gasteiger partial charge in [0.05, 0.1) is 4.70 Å². The van der Waals surface area contributed by atoms with Crippen molar-refractivity contribution in [3.8, 4) is 0 Å². The molecule has 96 valence electrons. The summed E-state index contributed by atoms with van der Waals surface area (Å²) in [7, 11) is 0. The van der Waals surface area contributed by atoms with Crippen molar-refractivity contribution in [2.75, 3.05) is 0 Å². The van der Waals surface area contributed by atoms with Crippen molar-refractivity contribution >= 4 is 69.8 Å². The second kappa shape index (κ2) is 4.11. The van der Waals surface area contributed by atoms with Crippen LogP contribution in [0.15, 0.2) is 60.7 Å². The molecule has 0 amide bonds. The molecule has 2 aromatic heterocycles. The Labute approximate surface area is 134 Å². The van der Waals surface area contributed by atoms with Crippen molar-refractivity contribution in [2.24, 2.45) is 0 Å². The maximum Gasteiger partial charge on any atom is 0.318 e. The molecule has 21 heavy (non-hydrogen) atoms. The number of rotatable bonds is 0. The normalized spacial score (nSPS) is 12.0. The number of para-hydroxylation sites is 1. The van der Waals surface area contributed by atoms with E-state index in [2.05, 4.69) is 80.7 Å². The van der Waals surface area contributed by atoms with Crippen molar-refractivity contribution in [1.82, 2.24) is 3.55 Å². The number of aromatic nitrogens is 1. The van der Waals surface area contributed by atoms with Crippen molar-refractivity contribution in [2.45, 2.75) is 0 Å². The molecule has 0 bridgehead atoms. The lowest BCUT2D eigenvalue weighted by Gasteiger charge is -2.01. The van der Waals surface area contributed by atoms with E-state index in [1.165, 1.54) is 42.0 Å². The van der Waals surface area contributed by atoms with Gasteiger partial charge in [0.2, 0.25) is 0 Å². The SMILES string of the molecule is [Al][n]1c2ccccc2c2ccc3c4ccccc4sc3c21. The fourth-order valence-electron chi connectivity index (χ4n) is 3.26. The quantitative estimate of drug-likeness (QED) is 0.351. The zero-order chi connectivity index (χ0) is 14.0. The number of fused-ring (bicyclic) bond motifs is 7. The molecule has 0 fully saturated rings. The largest absolute Gasteiger partial charge is 0.450 e. The summed E-state index contributed by atoms with van der Waals surface area (Å²) in [5, 5.41) is 5.37. The van der Waals surface area contributed by atoms with E-state index in [0.29, 0.717) is 0 Å². The highest BCUT2D eigenvalue weighted by molar-refractivity contribution is 7.26. The zero-order valence-electron chi connectivity index (χ0n) is 11.2. The highest BCUT2D eigenvalue weighted by Crippen LogP contribution is 2.40. The second-order valence-corrected chi connectivity index (χ2v) is 6.89. The van der Waals surface area contributed by atoms with E-state index in [-0.39, 0.29) is 0 Å². The van der Waals surface area contributed by atoms with Crippen molar-refractivity contribution in [3.63, 3.8) is 0 Å². The van der Waals surface area contributed by atoms with Gasteiger partial charge in [-0.3, -0.25) is 0 Å². The summed E-state index contributed by atoms with van der Waals surface area (Å²) in [6, 6.07) is 21.8. The van der Waals surface area contributed by atoms with Crippen LogP contribution in [0.1, 0.15) is 0 Å². The number of nitrogens with zero attached hydrogens (tertiary/aromatic N) is 1. The summed E-state index contributed by atoms with van der Waals surface area (Å²) in [4.78, 5) is 0. The van der Waals surface area contributed by atoms with E-state index in [0.717, 1.165) is 0 Å². The number of hydrogen-bond acceptors (Lipinski definition) is 1. The molecule has 3 heteroatoms. The van der Waals surface area contributed by atoms with Gasteiger partial charge < -0.3 is 3.55 Å². The third-order valence-corrected chi connectivity index (χ3v) is 5.95. The average Bonchev–Trinajstić information content (AvgIpc) is 3.04. The van der Waals surface area contributed by atoms with E-state index in [4.69, 9.17) is 0 Å². The van der Waals surface area contributed by atoms with Crippen LogP contribution in [0.5, 0.6) is 0 Å². The monoisotopic (exact) mass is 299 g/mol. The van der Waals surface area contributed by atoms with E-state index < -0.39 is 0 Å². The molecule has 5 rings (SSSR count). The third kappa shape index (κ3) is 1.46. The van der Waals surface area contributed by atoms with Crippen molar-refractivity contribution < 1.29 is 0 Å². The summed E-state index contributed by atoms with van der Waals surface area (Å²) in [5.41, 5.74) is 2.59. The Kier molecular flexibility index (Phi) is 2.32. The number of hydrogen-bond donors (Lipinski definition) is 0. The Balaban J connectivity index is 2.14. The van der Waals surface area contributed by atoms with Crippen LogP contribution in [-0.4, -0.2) is 20.1 Å². The van der Waals surface area contributed by atoms with Crippen LogP contribution in [-0.2, 0) is 0 Å². The first-order valence-electron chi connectivity index (χ1n) is 6.93. The Morgan fingerprint density at radius 3 is 2.33 bits per heavy atom. The molecule has 2 radical (unpaired) electrons. The molecule has 0 aliphatic heterocycles.